The van der Waals surface area contributed by atoms with E-state index < -0.39 is 0 Å². The molecule has 1 heterocycles. The predicted molar refractivity (Wildman–Crippen MR) is 84.4 cm³/mol. The molecule has 20 heavy (non-hydrogen) atoms. The van der Waals surface area contributed by atoms with Gasteiger partial charge in [0.25, 0.3) is 0 Å². The molecule has 2 nitrogen and oxygen atoms in total. The van der Waals surface area contributed by atoms with Crippen LogP contribution in [-0.4, -0.2) is 4.57 Å². The highest BCUT2D eigenvalue weighted by Gasteiger charge is 2.09. The monoisotopic (exact) mass is 262 g/mol. The lowest BCUT2D eigenvalue weighted by molar-refractivity contribution is 0.978. The summed E-state index contributed by atoms with van der Waals surface area (Å²) >= 11 is 0. The molecule has 0 saturated carbocycles. The molecule has 0 amide bonds. The fourth-order valence-electron chi connectivity index (χ4n) is 2.34. The van der Waals surface area contributed by atoms with E-state index in [0.717, 1.165) is 22.2 Å². The van der Waals surface area contributed by atoms with Crippen molar-refractivity contribution in [2.24, 2.45) is 7.05 Å². The van der Waals surface area contributed by atoms with Gasteiger partial charge in [-0.15, -0.1) is 0 Å². The van der Waals surface area contributed by atoms with Crippen molar-refractivity contribution in [2.75, 3.05) is 0 Å². The van der Waals surface area contributed by atoms with Crippen molar-refractivity contribution in [3.8, 4) is 17.3 Å². The van der Waals surface area contributed by atoms with Crippen molar-refractivity contribution in [1.82, 2.24) is 4.57 Å². The Bertz CT molecular complexity index is 746. The number of aryl methyl sites for hydroxylation is 1. The van der Waals surface area contributed by atoms with E-state index in [-0.39, 0.29) is 0 Å². The summed E-state index contributed by atoms with van der Waals surface area (Å²) < 4.78 is 2.13. The highest BCUT2D eigenvalue weighted by atomic mass is 14.9. The molecule has 0 spiro atoms. The van der Waals surface area contributed by atoms with Crippen molar-refractivity contribution >= 4 is 10.9 Å². The number of nitriles is 1. The maximum atomic E-state index is 9.15. The second-order valence-corrected chi connectivity index (χ2v) is 4.30. The maximum Gasteiger partial charge on any atom is 0.0998 e. The van der Waals surface area contributed by atoms with Crippen LogP contribution in [0.3, 0.4) is 0 Å². The van der Waals surface area contributed by atoms with Gasteiger partial charge in [0.1, 0.15) is 0 Å². The second kappa shape index (κ2) is 6.08. The van der Waals surface area contributed by atoms with Crippen LogP contribution < -0.4 is 0 Å². The number of aromatic nitrogens is 1. The van der Waals surface area contributed by atoms with E-state index >= 15 is 0 Å². The molecule has 3 aromatic rings. The van der Waals surface area contributed by atoms with E-state index in [1.54, 1.807) is 0 Å². The lowest BCUT2D eigenvalue weighted by Gasteiger charge is -2.03. The minimum atomic E-state index is 0.727. The van der Waals surface area contributed by atoms with Crippen molar-refractivity contribution in [3.05, 3.63) is 60.2 Å². The molecule has 0 radical (unpaired) electrons. The fourth-order valence-corrected chi connectivity index (χ4v) is 2.34. The standard InChI is InChI=1S/C16H12N2.C2H6/c1-18-15-9-5-8-13(11-17)14(15)10-16(18)12-6-3-2-4-7-12;1-2/h2-10H,1H3;1-2H3. The summed E-state index contributed by atoms with van der Waals surface area (Å²) in [6.45, 7) is 4.00. The predicted octanol–water partition coefficient (Wildman–Crippen LogP) is 4.74. The molecule has 0 aliphatic heterocycles. The highest BCUT2D eigenvalue weighted by molar-refractivity contribution is 5.91. The van der Waals surface area contributed by atoms with Crippen molar-refractivity contribution in [3.63, 3.8) is 0 Å². The molecule has 0 unspecified atom stereocenters. The zero-order chi connectivity index (χ0) is 14.5. The number of hydrogen-bond acceptors (Lipinski definition) is 1. The largest absolute Gasteiger partial charge is 0.344 e. The van der Waals surface area contributed by atoms with E-state index in [4.69, 9.17) is 5.26 Å². The first-order chi connectivity index (χ1) is 9.81. The zero-order valence-electron chi connectivity index (χ0n) is 12.1. The summed E-state index contributed by atoms with van der Waals surface area (Å²) in [7, 11) is 2.03. The molecule has 0 bridgehead atoms. The Morgan fingerprint density at radius 1 is 0.950 bits per heavy atom. The zero-order valence-corrected chi connectivity index (χ0v) is 12.1. The summed E-state index contributed by atoms with van der Waals surface area (Å²) in [6.07, 6.45) is 0. The molecule has 0 saturated heterocycles. The molecule has 0 aliphatic rings. The van der Waals surface area contributed by atoms with Crippen molar-refractivity contribution < 1.29 is 0 Å². The van der Waals surface area contributed by atoms with Gasteiger partial charge in [0.2, 0.25) is 0 Å². The Morgan fingerprint density at radius 2 is 1.65 bits per heavy atom. The molecule has 0 atom stereocenters. The maximum absolute atomic E-state index is 9.15. The van der Waals surface area contributed by atoms with Crippen LogP contribution in [0.5, 0.6) is 0 Å². The van der Waals surface area contributed by atoms with Gasteiger partial charge in [0.15, 0.2) is 0 Å². The number of fused-ring (bicyclic) bond motifs is 1. The molecule has 2 aromatic carbocycles. The van der Waals surface area contributed by atoms with Gasteiger partial charge in [-0.3, -0.25) is 0 Å². The van der Waals surface area contributed by atoms with Crippen LogP contribution in [0.15, 0.2) is 54.6 Å². The molecular weight excluding hydrogens is 244 g/mol. The molecule has 2 heteroatoms. The lowest BCUT2D eigenvalue weighted by atomic mass is 10.1. The van der Waals surface area contributed by atoms with Gasteiger partial charge in [-0.25, -0.2) is 0 Å². The van der Waals surface area contributed by atoms with E-state index in [1.165, 1.54) is 5.56 Å². The topological polar surface area (TPSA) is 28.7 Å². The van der Waals surface area contributed by atoms with Gasteiger partial charge in [0, 0.05) is 23.6 Å². The molecular formula is C18H18N2. The van der Waals surface area contributed by atoms with Crippen LogP contribution in [0.1, 0.15) is 19.4 Å². The minimum absolute atomic E-state index is 0.727. The Kier molecular flexibility index (Phi) is 4.22. The Labute approximate surface area is 119 Å². The summed E-state index contributed by atoms with van der Waals surface area (Å²) in [5.41, 5.74) is 4.12. The first-order valence-corrected chi connectivity index (χ1v) is 6.85. The van der Waals surface area contributed by atoms with Gasteiger partial charge in [0.05, 0.1) is 11.6 Å². The molecule has 3 rings (SSSR count). The summed E-state index contributed by atoms with van der Waals surface area (Å²) in [5, 5.41) is 10.2. The fraction of sp³-hybridized carbons (Fsp3) is 0.167. The van der Waals surface area contributed by atoms with Crippen LogP contribution in [0.2, 0.25) is 0 Å². The van der Waals surface area contributed by atoms with Gasteiger partial charge in [-0.1, -0.05) is 50.2 Å². The molecule has 0 N–H and O–H groups in total. The number of hydrogen-bond donors (Lipinski definition) is 0. The van der Waals surface area contributed by atoms with Gasteiger partial charge in [-0.05, 0) is 23.8 Å². The SMILES string of the molecule is CC.Cn1c(-c2ccccc2)cc2c(C#N)cccc21. The average molecular weight is 262 g/mol. The molecule has 0 aliphatic carbocycles. The molecule has 1 aromatic heterocycles. The third-order valence-corrected chi connectivity index (χ3v) is 3.28. The first kappa shape index (κ1) is 13.9. The van der Waals surface area contributed by atoms with Crippen LogP contribution in [0.4, 0.5) is 0 Å². The number of benzene rings is 2. The normalized spacial score (nSPS) is 9.70. The summed E-state index contributed by atoms with van der Waals surface area (Å²) in [5.74, 6) is 0. The Hall–Kier alpha value is -2.53. The van der Waals surface area contributed by atoms with Gasteiger partial charge >= 0.3 is 0 Å². The number of rotatable bonds is 1. The second-order valence-electron chi connectivity index (χ2n) is 4.30. The van der Waals surface area contributed by atoms with E-state index in [0.29, 0.717) is 0 Å². The minimum Gasteiger partial charge on any atom is -0.344 e. The number of nitrogens with zero attached hydrogens (tertiary/aromatic N) is 2. The van der Waals surface area contributed by atoms with Crippen LogP contribution in [0.25, 0.3) is 22.2 Å². The summed E-state index contributed by atoms with van der Waals surface area (Å²) in [4.78, 5) is 0. The van der Waals surface area contributed by atoms with Crippen molar-refractivity contribution in [1.29, 1.82) is 5.26 Å². The molecule has 100 valence electrons. The van der Waals surface area contributed by atoms with Gasteiger partial charge in [-0.2, -0.15) is 5.26 Å². The highest BCUT2D eigenvalue weighted by Crippen LogP contribution is 2.28. The average Bonchev–Trinajstić information content (AvgIpc) is 2.87. The van der Waals surface area contributed by atoms with E-state index in [2.05, 4.69) is 28.8 Å². The van der Waals surface area contributed by atoms with Crippen LogP contribution in [0, 0.1) is 11.3 Å². The van der Waals surface area contributed by atoms with Crippen LogP contribution >= 0.6 is 0 Å². The van der Waals surface area contributed by atoms with Crippen molar-refractivity contribution in [2.45, 2.75) is 13.8 Å². The Balaban J connectivity index is 0.000000704. The third kappa shape index (κ3) is 2.31. The van der Waals surface area contributed by atoms with E-state index in [1.807, 2.05) is 57.3 Å². The molecule has 0 fully saturated rings. The van der Waals surface area contributed by atoms with Gasteiger partial charge < -0.3 is 4.57 Å². The lowest BCUT2D eigenvalue weighted by Crippen LogP contribution is -1.90. The smallest absolute Gasteiger partial charge is 0.0998 e. The summed E-state index contributed by atoms with van der Waals surface area (Å²) in [6, 6.07) is 20.4. The van der Waals surface area contributed by atoms with E-state index in [9.17, 15) is 0 Å². The Morgan fingerprint density at radius 3 is 2.30 bits per heavy atom. The quantitative estimate of drug-likeness (QED) is 0.622. The third-order valence-electron chi connectivity index (χ3n) is 3.28. The van der Waals surface area contributed by atoms with Crippen LogP contribution in [-0.2, 0) is 7.05 Å². The first-order valence-electron chi connectivity index (χ1n) is 6.85.